The van der Waals surface area contributed by atoms with Crippen molar-refractivity contribution in [1.29, 1.82) is 0 Å². The molecule has 5 nitrogen and oxygen atoms in total. The standard InChI is InChI=1S/C23H33FN2O3/c1-2-28-17-22(27)25-12-10-23(11-13-25)15-21(9-14-29-23)26(20-7-8-20)16-18-3-5-19(24)6-4-18/h3-6,20-21H,2,7-17H2,1H3. The Kier molecular flexibility index (Phi) is 6.52. The van der Waals surface area contributed by atoms with Gasteiger partial charge in [0.25, 0.3) is 0 Å². The lowest BCUT2D eigenvalue weighted by atomic mass is 9.81. The van der Waals surface area contributed by atoms with Crippen LogP contribution in [0.15, 0.2) is 24.3 Å². The van der Waals surface area contributed by atoms with Crippen LogP contribution in [0.3, 0.4) is 0 Å². The molecular formula is C23H33FN2O3. The van der Waals surface area contributed by atoms with E-state index in [9.17, 15) is 9.18 Å². The van der Waals surface area contributed by atoms with E-state index in [0.29, 0.717) is 18.7 Å². The Bertz CT molecular complexity index is 684. The first-order valence-electron chi connectivity index (χ1n) is 11.1. The van der Waals surface area contributed by atoms with Crippen LogP contribution in [0.2, 0.25) is 0 Å². The molecule has 1 aromatic rings. The number of nitrogens with zero attached hydrogens (tertiary/aromatic N) is 2. The van der Waals surface area contributed by atoms with Crippen molar-refractivity contribution in [3.8, 4) is 0 Å². The summed E-state index contributed by atoms with van der Waals surface area (Å²) in [6.45, 7) is 5.82. The van der Waals surface area contributed by atoms with E-state index in [1.54, 1.807) is 12.1 Å². The van der Waals surface area contributed by atoms with Crippen molar-refractivity contribution >= 4 is 5.91 Å². The van der Waals surface area contributed by atoms with E-state index in [0.717, 1.165) is 51.9 Å². The van der Waals surface area contributed by atoms with Crippen LogP contribution in [-0.2, 0) is 20.8 Å². The SMILES string of the molecule is CCOCC(=O)N1CCC2(CC1)CC(N(Cc1ccc(F)cc1)C1CC1)CCO2. The van der Waals surface area contributed by atoms with Crippen molar-refractivity contribution in [2.24, 2.45) is 0 Å². The number of hydrogen-bond donors (Lipinski definition) is 0. The molecule has 2 aliphatic heterocycles. The molecule has 2 saturated heterocycles. The second-order valence-electron chi connectivity index (χ2n) is 8.73. The van der Waals surface area contributed by atoms with Gasteiger partial charge in [-0.25, -0.2) is 4.39 Å². The highest BCUT2D eigenvalue weighted by molar-refractivity contribution is 5.77. The Morgan fingerprint density at radius 1 is 1.21 bits per heavy atom. The Hall–Kier alpha value is -1.50. The van der Waals surface area contributed by atoms with Gasteiger partial charge in [-0.15, -0.1) is 0 Å². The number of ether oxygens (including phenoxy) is 2. The highest BCUT2D eigenvalue weighted by Crippen LogP contribution is 2.40. The van der Waals surface area contributed by atoms with Gasteiger partial charge in [0.15, 0.2) is 0 Å². The maximum Gasteiger partial charge on any atom is 0.248 e. The molecule has 0 radical (unpaired) electrons. The predicted molar refractivity (Wildman–Crippen MR) is 109 cm³/mol. The maximum atomic E-state index is 13.3. The van der Waals surface area contributed by atoms with Crippen molar-refractivity contribution in [3.63, 3.8) is 0 Å². The van der Waals surface area contributed by atoms with E-state index in [-0.39, 0.29) is 23.9 Å². The summed E-state index contributed by atoms with van der Waals surface area (Å²) in [7, 11) is 0. The summed E-state index contributed by atoms with van der Waals surface area (Å²) < 4.78 is 24.9. The molecule has 1 unspecified atom stereocenters. The summed E-state index contributed by atoms with van der Waals surface area (Å²) >= 11 is 0. The van der Waals surface area contributed by atoms with Crippen LogP contribution in [-0.4, -0.2) is 66.3 Å². The van der Waals surface area contributed by atoms with Gasteiger partial charge in [-0.2, -0.15) is 0 Å². The van der Waals surface area contributed by atoms with Crippen LogP contribution < -0.4 is 0 Å². The molecule has 3 fully saturated rings. The number of hydrogen-bond acceptors (Lipinski definition) is 4. The third-order valence-electron chi connectivity index (χ3n) is 6.69. The molecular weight excluding hydrogens is 371 g/mol. The molecule has 0 N–H and O–H groups in total. The van der Waals surface area contributed by atoms with Crippen LogP contribution in [0, 0.1) is 5.82 Å². The minimum Gasteiger partial charge on any atom is -0.375 e. The third-order valence-corrected chi connectivity index (χ3v) is 6.69. The molecule has 0 bridgehead atoms. The van der Waals surface area contributed by atoms with Gasteiger partial charge in [0.05, 0.1) is 5.60 Å². The molecule has 1 atom stereocenters. The van der Waals surface area contributed by atoms with Crippen LogP contribution in [0.5, 0.6) is 0 Å². The van der Waals surface area contributed by atoms with Crippen molar-refractivity contribution in [3.05, 3.63) is 35.6 Å². The zero-order valence-electron chi connectivity index (χ0n) is 17.4. The van der Waals surface area contributed by atoms with Gasteiger partial charge in [0.2, 0.25) is 5.91 Å². The Morgan fingerprint density at radius 3 is 2.59 bits per heavy atom. The molecule has 4 rings (SSSR count). The van der Waals surface area contributed by atoms with Gasteiger partial charge in [-0.05, 0) is 63.1 Å². The second kappa shape index (κ2) is 9.11. The molecule has 0 aromatic heterocycles. The van der Waals surface area contributed by atoms with Crippen LogP contribution in [0.4, 0.5) is 4.39 Å². The van der Waals surface area contributed by atoms with E-state index in [1.165, 1.54) is 18.4 Å². The molecule has 1 aromatic carbocycles. The number of piperidine rings is 1. The zero-order valence-corrected chi connectivity index (χ0v) is 17.4. The minimum absolute atomic E-state index is 0.0879. The second-order valence-corrected chi connectivity index (χ2v) is 8.73. The first-order chi connectivity index (χ1) is 14.1. The fourth-order valence-electron chi connectivity index (χ4n) is 4.84. The Balaban J connectivity index is 1.37. The summed E-state index contributed by atoms with van der Waals surface area (Å²) in [6.07, 6.45) is 6.38. The monoisotopic (exact) mass is 404 g/mol. The highest BCUT2D eigenvalue weighted by atomic mass is 19.1. The molecule has 2 heterocycles. The van der Waals surface area contributed by atoms with Gasteiger partial charge in [-0.1, -0.05) is 12.1 Å². The zero-order chi connectivity index (χ0) is 20.3. The summed E-state index contributed by atoms with van der Waals surface area (Å²) in [5, 5.41) is 0. The lowest BCUT2D eigenvalue weighted by Crippen LogP contribution is -2.55. The average molecular weight is 405 g/mol. The third kappa shape index (κ3) is 5.16. The quantitative estimate of drug-likeness (QED) is 0.699. The van der Waals surface area contributed by atoms with Crippen molar-refractivity contribution in [2.45, 2.75) is 69.7 Å². The first kappa shape index (κ1) is 20.8. The smallest absolute Gasteiger partial charge is 0.248 e. The number of rotatable bonds is 7. The predicted octanol–water partition coefficient (Wildman–Crippen LogP) is 3.37. The molecule has 1 aliphatic carbocycles. The number of likely N-dealkylation sites (tertiary alicyclic amines) is 1. The highest BCUT2D eigenvalue weighted by Gasteiger charge is 2.44. The van der Waals surface area contributed by atoms with E-state index < -0.39 is 0 Å². The fourth-order valence-corrected chi connectivity index (χ4v) is 4.84. The van der Waals surface area contributed by atoms with Crippen molar-refractivity contribution < 1.29 is 18.7 Å². The molecule has 1 amide bonds. The van der Waals surface area contributed by atoms with Crippen LogP contribution in [0.25, 0.3) is 0 Å². The van der Waals surface area contributed by atoms with Crippen LogP contribution in [0.1, 0.15) is 51.0 Å². The molecule has 1 spiro atoms. The minimum atomic E-state index is -0.178. The van der Waals surface area contributed by atoms with Crippen LogP contribution >= 0.6 is 0 Å². The lowest BCUT2D eigenvalue weighted by molar-refractivity contribution is -0.153. The fraction of sp³-hybridized carbons (Fsp3) is 0.696. The number of benzene rings is 1. The number of amides is 1. The average Bonchev–Trinajstić information content (AvgIpc) is 3.57. The molecule has 3 aliphatic rings. The van der Waals surface area contributed by atoms with E-state index in [2.05, 4.69) is 4.90 Å². The number of carbonyl (C=O) groups excluding carboxylic acids is 1. The van der Waals surface area contributed by atoms with E-state index in [4.69, 9.17) is 9.47 Å². The maximum absolute atomic E-state index is 13.3. The number of carbonyl (C=O) groups is 1. The lowest BCUT2D eigenvalue weighted by Gasteiger charge is -2.48. The Morgan fingerprint density at radius 2 is 1.93 bits per heavy atom. The summed E-state index contributed by atoms with van der Waals surface area (Å²) in [4.78, 5) is 16.8. The topological polar surface area (TPSA) is 42.0 Å². The summed E-state index contributed by atoms with van der Waals surface area (Å²) in [5.74, 6) is -0.0904. The van der Waals surface area contributed by atoms with Gasteiger partial charge in [0, 0.05) is 44.9 Å². The summed E-state index contributed by atoms with van der Waals surface area (Å²) in [6, 6.07) is 8.06. The Labute approximate surface area is 173 Å². The normalized spacial score (nSPS) is 24.2. The molecule has 6 heteroatoms. The van der Waals surface area contributed by atoms with Crippen molar-refractivity contribution in [2.75, 3.05) is 32.9 Å². The van der Waals surface area contributed by atoms with Gasteiger partial charge >= 0.3 is 0 Å². The first-order valence-corrected chi connectivity index (χ1v) is 11.1. The van der Waals surface area contributed by atoms with Gasteiger partial charge < -0.3 is 14.4 Å². The molecule has 1 saturated carbocycles. The molecule has 160 valence electrons. The van der Waals surface area contributed by atoms with Gasteiger partial charge in [0.1, 0.15) is 12.4 Å². The van der Waals surface area contributed by atoms with Crippen molar-refractivity contribution in [1.82, 2.24) is 9.80 Å². The summed E-state index contributed by atoms with van der Waals surface area (Å²) in [5.41, 5.74) is 1.07. The number of halogens is 1. The van der Waals surface area contributed by atoms with E-state index in [1.807, 2.05) is 24.0 Å². The van der Waals surface area contributed by atoms with E-state index >= 15 is 0 Å². The largest absolute Gasteiger partial charge is 0.375 e. The molecule has 29 heavy (non-hydrogen) atoms. The van der Waals surface area contributed by atoms with Gasteiger partial charge in [-0.3, -0.25) is 9.69 Å².